The zero-order valence-electron chi connectivity index (χ0n) is 22.8. The van der Waals surface area contributed by atoms with Gasteiger partial charge in [0.15, 0.2) is 6.61 Å². The Bertz CT molecular complexity index is 1370. The molecule has 3 aromatic rings. The summed E-state index contributed by atoms with van der Waals surface area (Å²) < 4.78 is 33.7. The molecule has 37 heavy (non-hydrogen) atoms. The van der Waals surface area contributed by atoms with Gasteiger partial charge in [0.05, 0.1) is 4.90 Å². The molecule has 1 aromatic heterocycles. The zero-order valence-corrected chi connectivity index (χ0v) is 23.6. The molecule has 8 nitrogen and oxygen atoms in total. The Hall–Kier alpha value is -3.46. The molecule has 0 radical (unpaired) electrons. The molecule has 2 aromatic carbocycles. The highest BCUT2D eigenvalue weighted by Gasteiger charge is 2.23. The number of aryl methyl sites for hydroxylation is 2. The van der Waals surface area contributed by atoms with Crippen molar-refractivity contribution >= 4 is 27.6 Å². The standard InChI is InChI=1S/C28H36N4O4S/c1-18-15-19(2)30-26(29-18)32-37(34,35)22-12-10-21(11-13-22)31-25(33)17-36-24-14-9-20(27(3,4)5)16-23(24)28(6,7)8/h9-16H,17H2,1-8H3,(H,31,33)(H,29,30,32). The average molecular weight is 525 g/mol. The van der Waals surface area contributed by atoms with Crippen molar-refractivity contribution < 1.29 is 17.9 Å². The maximum Gasteiger partial charge on any atom is 0.264 e. The van der Waals surface area contributed by atoms with Gasteiger partial charge in [-0.1, -0.05) is 53.7 Å². The van der Waals surface area contributed by atoms with Crippen LogP contribution in [0.15, 0.2) is 53.4 Å². The molecule has 2 N–H and O–H groups in total. The van der Waals surface area contributed by atoms with Gasteiger partial charge in [-0.3, -0.25) is 4.79 Å². The topological polar surface area (TPSA) is 110 Å². The van der Waals surface area contributed by atoms with Crippen molar-refractivity contribution in [2.45, 2.75) is 71.1 Å². The molecule has 0 aliphatic carbocycles. The number of carbonyl (C=O) groups is 1. The van der Waals surface area contributed by atoms with Crippen LogP contribution in [-0.4, -0.2) is 30.9 Å². The van der Waals surface area contributed by atoms with Gasteiger partial charge >= 0.3 is 0 Å². The lowest BCUT2D eigenvalue weighted by Crippen LogP contribution is -2.23. The number of ether oxygens (including phenoxy) is 1. The first kappa shape index (κ1) is 28.1. The lowest BCUT2D eigenvalue weighted by atomic mass is 9.80. The molecule has 198 valence electrons. The number of nitrogens with zero attached hydrogens (tertiary/aromatic N) is 2. The van der Waals surface area contributed by atoms with E-state index in [9.17, 15) is 13.2 Å². The molecule has 9 heteroatoms. The fourth-order valence-corrected chi connectivity index (χ4v) is 4.66. The monoisotopic (exact) mass is 524 g/mol. The third kappa shape index (κ3) is 7.52. The van der Waals surface area contributed by atoms with Gasteiger partial charge in [-0.25, -0.2) is 23.1 Å². The summed E-state index contributed by atoms with van der Waals surface area (Å²) in [5, 5.41) is 2.75. The van der Waals surface area contributed by atoms with E-state index >= 15 is 0 Å². The molecule has 0 bridgehead atoms. The number of rotatable bonds is 7. The molecular weight excluding hydrogens is 488 g/mol. The van der Waals surface area contributed by atoms with E-state index in [0.717, 1.165) is 5.56 Å². The maximum absolute atomic E-state index is 12.7. The first-order valence-electron chi connectivity index (χ1n) is 12.1. The molecule has 0 aliphatic rings. The maximum atomic E-state index is 12.7. The van der Waals surface area contributed by atoms with Crippen LogP contribution in [0.4, 0.5) is 11.6 Å². The smallest absolute Gasteiger partial charge is 0.264 e. The minimum atomic E-state index is -3.88. The SMILES string of the molecule is Cc1cc(C)nc(NS(=O)(=O)c2ccc(NC(=O)COc3ccc(C(C)(C)C)cc3C(C)(C)C)cc2)n1. The summed E-state index contributed by atoms with van der Waals surface area (Å²) in [5.41, 5.74) is 3.83. The van der Waals surface area contributed by atoms with Crippen molar-refractivity contribution in [1.29, 1.82) is 0 Å². The largest absolute Gasteiger partial charge is 0.483 e. The molecular formula is C28H36N4O4S. The van der Waals surface area contributed by atoms with Crippen LogP contribution in [0, 0.1) is 13.8 Å². The Balaban J connectivity index is 1.66. The van der Waals surface area contributed by atoms with Crippen LogP contribution in [0.25, 0.3) is 0 Å². The first-order valence-corrected chi connectivity index (χ1v) is 13.6. The van der Waals surface area contributed by atoms with Crippen LogP contribution in [-0.2, 0) is 25.6 Å². The molecule has 0 unspecified atom stereocenters. The lowest BCUT2D eigenvalue weighted by Gasteiger charge is -2.27. The van der Waals surface area contributed by atoms with Crippen molar-refractivity contribution in [3.8, 4) is 5.75 Å². The Kier molecular flexibility index (Phi) is 7.97. The van der Waals surface area contributed by atoms with E-state index in [4.69, 9.17) is 4.74 Å². The number of nitrogens with one attached hydrogen (secondary N) is 2. The summed E-state index contributed by atoms with van der Waals surface area (Å²) in [6, 6.07) is 13.7. The Labute approximate surface area is 219 Å². The van der Waals surface area contributed by atoms with Crippen LogP contribution in [0.5, 0.6) is 5.75 Å². The van der Waals surface area contributed by atoms with Gasteiger partial charge in [0.1, 0.15) is 5.75 Å². The van der Waals surface area contributed by atoms with Crippen LogP contribution >= 0.6 is 0 Å². The Morgan fingerprint density at radius 1 is 0.865 bits per heavy atom. The van der Waals surface area contributed by atoms with Crippen LogP contribution in [0.3, 0.4) is 0 Å². The van der Waals surface area contributed by atoms with E-state index in [2.05, 4.69) is 67.6 Å². The van der Waals surface area contributed by atoms with E-state index in [1.807, 2.05) is 12.1 Å². The molecule has 1 amide bonds. The van der Waals surface area contributed by atoms with E-state index in [-0.39, 0.29) is 34.2 Å². The van der Waals surface area contributed by atoms with Crippen molar-refractivity contribution in [3.05, 3.63) is 71.0 Å². The number of hydrogen-bond donors (Lipinski definition) is 2. The fraction of sp³-hybridized carbons (Fsp3) is 0.393. The minimum Gasteiger partial charge on any atom is -0.483 e. The fourth-order valence-electron chi connectivity index (χ4n) is 3.72. The van der Waals surface area contributed by atoms with Gasteiger partial charge in [-0.2, -0.15) is 0 Å². The highest BCUT2D eigenvalue weighted by molar-refractivity contribution is 7.92. The van der Waals surface area contributed by atoms with Crippen molar-refractivity contribution in [1.82, 2.24) is 9.97 Å². The number of sulfonamides is 1. The van der Waals surface area contributed by atoms with Crippen LogP contribution in [0.2, 0.25) is 0 Å². The summed E-state index contributed by atoms with van der Waals surface area (Å²) in [4.78, 5) is 20.8. The molecule has 0 spiro atoms. The van der Waals surface area contributed by atoms with Gasteiger partial charge in [0, 0.05) is 17.1 Å². The van der Waals surface area contributed by atoms with Crippen molar-refractivity contribution in [2.24, 2.45) is 0 Å². The predicted octanol–water partition coefficient (Wildman–Crippen LogP) is 5.51. The van der Waals surface area contributed by atoms with Gasteiger partial charge in [-0.15, -0.1) is 0 Å². The summed E-state index contributed by atoms with van der Waals surface area (Å²) >= 11 is 0. The quantitative estimate of drug-likeness (QED) is 0.422. The molecule has 0 aliphatic heterocycles. The zero-order chi connectivity index (χ0) is 27.6. The summed E-state index contributed by atoms with van der Waals surface area (Å²) in [6.07, 6.45) is 0. The van der Waals surface area contributed by atoms with Gasteiger partial charge in [-0.05, 0) is 72.2 Å². The molecule has 0 atom stereocenters. The van der Waals surface area contributed by atoms with E-state index in [1.54, 1.807) is 19.9 Å². The highest BCUT2D eigenvalue weighted by atomic mass is 32.2. The second kappa shape index (κ2) is 10.5. The number of anilines is 2. The summed E-state index contributed by atoms with van der Waals surface area (Å²) in [5.74, 6) is 0.325. The van der Waals surface area contributed by atoms with Gasteiger partial charge < -0.3 is 10.1 Å². The molecule has 1 heterocycles. The van der Waals surface area contributed by atoms with Crippen molar-refractivity contribution in [3.63, 3.8) is 0 Å². The Morgan fingerprint density at radius 2 is 1.46 bits per heavy atom. The van der Waals surface area contributed by atoms with Gasteiger partial charge in [0.2, 0.25) is 5.95 Å². The first-order chi connectivity index (χ1) is 17.0. The number of aromatic nitrogens is 2. The van der Waals surface area contributed by atoms with E-state index < -0.39 is 10.0 Å². The number of hydrogen-bond acceptors (Lipinski definition) is 6. The average Bonchev–Trinajstić information content (AvgIpc) is 2.75. The minimum absolute atomic E-state index is 0.00290. The Morgan fingerprint density at radius 3 is 2.00 bits per heavy atom. The number of amides is 1. The summed E-state index contributed by atoms with van der Waals surface area (Å²) in [7, 11) is -3.88. The third-order valence-electron chi connectivity index (χ3n) is 5.67. The molecule has 0 saturated carbocycles. The highest BCUT2D eigenvalue weighted by Crippen LogP contribution is 2.35. The summed E-state index contributed by atoms with van der Waals surface area (Å²) in [6.45, 7) is 16.2. The lowest BCUT2D eigenvalue weighted by molar-refractivity contribution is -0.118. The molecule has 0 fully saturated rings. The number of benzene rings is 2. The molecule has 0 saturated heterocycles. The number of carbonyl (C=O) groups excluding carboxylic acids is 1. The van der Waals surface area contributed by atoms with E-state index in [0.29, 0.717) is 22.8 Å². The van der Waals surface area contributed by atoms with Crippen LogP contribution in [0.1, 0.15) is 64.1 Å². The predicted molar refractivity (Wildman–Crippen MR) is 147 cm³/mol. The second-order valence-corrected chi connectivity index (χ2v) is 12.8. The van der Waals surface area contributed by atoms with E-state index in [1.165, 1.54) is 29.8 Å². The van der Waals surface area contributed by atoms with Gasteiger partial charge in [0.25, 0.3) is 15.9 Å². The van der Waals surface area contributed by atoms with Crippen molar-refractivity contribution in [2.75, 3.05) is 16.6 Å². The normalized spacial score (nSPS) is 12.2. The molecule has 3 rings (SSSR count). The van der Waals surface area contributed by atoms with Crippen LogP contribution < -0.4 is 14.8 Å². The third-order valence-corrected chi connectivity index (χ3v) is 7.01. The second-order valence-electron chi connectivity index (χ2n) is 11.2.